The maximum atomic E-state index is 13.9. The number of amides is 5. The molecule has 0 radical (unpaired) electrons. The summed E-state index contributed by atoms with van der Waals surface area (Å²) >= 11 is 5.80. The van der Waals surface area contributed by atoms with E-state index in [1.54, 1.807) is 52.0 Å². The number of oxazole rings is 1. The second-order valence-electron chi connectivity index (χ2n) is 13.1. The summed E-state index contributed by atoms with van der Waals surface area (Å²) in [5.41, 5.74) is 1.35. The topological polar surface area (TPSA) is 197 Å². The largest absolute Gasteiger partial charge is 0.434 e. The van der Waals surface area contributed by atoms with Crippen molar-refractivity contribution >= 4 is 67.9 Å². The van der Waals surface area contributed by atoms with Crippen LogP contribution < -0.4 is 20.7 Å². The molecule has 1 aliphatic heterocycles. The predicted octanol–water partition coefficient (Wildman–Crippen LogP) is 4.76. The maximum absolute atomic E-state index is 13.9. The first-order valence-corrected chi connectivity index (χ1v) is 18.5. The Kier molecular flexibility index (Phi) is 11.6. The Balaban J connectivity index is 1.21. The zero-order chi connectivity index (χ0) is 37.7. The van der Waals surface area contributed by atoms with Crippen LogP contribution in [-0.4, -0.2) is 72.5 Å². The standard InChI is InChI=1S/C36H39ClN6O8S/c1-20(2)29(31(44)34-39-26-8-5-6-10-28(26)51-34)40-33(46)27-9-7-19-43(27)35(47)30(21(3)4)41-32(45)22-11-15-24(16-12-22)38-36(48)42-52(49,50)25-17-13-23(37)14-18-25/h5-6,8,10-18,20-21,27,29-30H,7,9,19H2,1-4H3,(H,40,46)(H,41,45)(H2,38,42,48)/t27-,29?,30-/m0/s1. The lowest BCUT2D eigenvalue weighted by Crippen LogP contribution is -2.57. The number of anilines is 1. The number of benzene rings is 3. The van der Waals surface area contributed by atoms with Crippen LogP contribution in [0.1, 0.15) is 61.6 Å². The summed E-state index contributed by atoms with van der Waals surface area (Å²) in [5, 5.41) is 8.33. The molecule has 0 spiro atoms. The van der Waals surface area contributed by atoms with Gasteiger partial charge in [-0.1, -0.05) is 51.4 Å². The smallest absolute Gasteiger partial charge is 0.333 e. The molecule has 3 aromatic carbocycles. The Morgan fingerprint density at radius 1 is 0.865 bits per heavy atom. The van der Waals surface area contributed by atoms with Crippen molar-refractivity contribution in [2.75, 3.05) is 11.9 Å². The Bertz CT molecular complexity index is 2050. The number of nitrogens with one attached hydrogen (secondary N) is 4. The minimum atomic E-state index is -4.16. The third kappa shape index (κ3) is 8.77. The lowest BCUT2D eigenvalue weighted by molar-refractivity contribution is -0.140. The molecule has 1 aromatic heterocycles. The molecule has 16 heteroatoms. The van der Waals surface area contributed by atoms with Crippen LogP contribution in [0.2, 0.25) is 5.02 Å². The monoisotopic (exact) mass is 750 g/mol. The van der Waals surface area contributed by atoms with E-state index in [1.807, 2.05) is 4.72 Å². The van der Waals surface area contributed by atoms with Crippen molar-refractivity contribution in [3.63, 3.8) is 0 Å². The zero-order valence-corrected chi connectivity index (χ0v) is 30.5. The number of urea groups is 1. The lowest BCUT2D eigenvalue weighted by atomic mass is 9.98. The van der Waals surface area contributed by atoms with E-state index in [1.165, 1.54) is 53.4 Å². The Labute approximate surface area is 305 Å². The van der Waals surface area contributed by atoms with E-state index in [-0.39, 0.29) is 40.4 Å². The number of hydrogen-bond donors (Lipinski definition) is 4. The fourth-order valence-electron chi connectivity index (χ4n) is 5.77. The van der Waals surface area contributed by atoms with Gasteiger partial charge in [0.25, 0.3) is 21.8 Å². The number of aromatic nitrogens is 1. The fourth-order valence-corrected chi connectivity index (χ4v) is 6.80. The molecule has 5 rings (SSSR count). The van der Waals surface area contributed by atoms with Crippen molar-refractivity contribution in [2.45, 2.75) is 63.6 Å². The van der Waals surface area contributed by atoms with Crippen LogP contribution in [0.4, 0.5) is 10.5 Å². The average Bonchev–Trinajstić information content (AvgIpc) is 3.77. The van der Waals surface area contributed by atoms with Crippen LogP contribution >= 0.6 is 11.6 Å². The van der Waals surface area contributed by atoms with E-state index in [9.17, 15) is 32.4 Å². The van der Waals surface area contributed by atoms with Gasteiger partial charge in [0.1, 0.15) is 17.6 Å². The van der Waals surface area contributed by atoms with E-state index in [4.69, 9.17) is 16.0 Å². The van der Waals surface area contributed by atoms with E-state index < -0.39 is 57.7 Å². The first kappa shape index (κ1) is 38.0. The predicted molar refractivity (Wildman–Crippen MR) is 193 cm³/mol. The summed E-state index contributed by atoms with van der Waals surface area (Å²) in [6, 6.07) is 14.1. The third-order valence-corrected chi connectivity index (χ3v) is 10.2. The van der Waals surface area contributed by atoms with E-state index >= 15 is 0 Å². The van der Waals surface area contributed by atoms with Gasteiger partial charge < -0.3 is 25.3 Å². The lowest BCUT2D eigenvalue weighted by Gasteiger charge is -2.31. The van der Waals surface area contributed by atoms with Gasteiger partial charge in [-0.05, 0) is 85.3 Å². The first-order chi connectivity index (χ1) is 24.6. The molecular weight excluding hydrogens is 712 g/mol. The fraction of sp³-hybridized carbons (Fsp3) is 0.333. The van der Waals surface area contributed by atoms with E-state index in [0.29, 0.717) is 29.0 Å². The van der Waals surface area contributed by atoms with Crippen LogP contribution in [0.3, 0.4) is 0 Å². The molecular formula is C36H39ClN6O8S. The number of carbonyl (C=O) groups is 5. The van der Waals surface area contributed by atoms with Gasteiger partial charge in [-0.3, -0.25) is 19.2 Å². The summed E-state index contributed by atoms with van der Waals surface area (Å²) in [7, 11) is -4.16. The quantitative estimate of drug-likeness (QED) is 0.148. The zero-order valence-electron chi connectivity index (χ0n) is 28.9. The van der Waals surface area contributed by atoms with Crippen molar-refractivity contribution in [1.82, 2.24) is 25.2 Å². The van der Waals surface area contributed by atoms with Gasteiger partial charge in [-0.15, -0.1) is 0 Å². The van der Waals surface area contributed by atoms with Crippen LogP contribution in [0.15, 0.2) is 82.1 Å². The average molecular weight is 751 g/mol. The van der Waals surface area contributed by atoms with Gasteiger partial charge in [-0.2, -0.15) is 0 Å². The highest BCUT2D eigenvalue weighted by Gasteiger charge is 2.40. The van der Waals surface area contributed by atoms with Crippen molar-refractivity contribution in [1.29, 1.82) is 0 Å². The molecule has 4 N–H and O–H groups in total. The number of ketones is 1. The first-order valence-electron chi connectivity index (χ1n) is 16.7. The van der Waals surface area contributed by atoms with Gasteiger partial charge in [0.05, 0.1) is 10.9 Å². The number of sulfonamides is 1. The minimum absolute atomic E-state index is 0.115. The van der Waals surface area contributed by atoms with Crippen LogP contribution in [-0.2, 0) is 19.6 Å². The molecule has 0 saturated carbocycles. The molecule has 0 bridgehead atoms. The Morgan fingerprint density at radius 3 is 2.15 bits per heavy atom. The number of halogens is 1. The molecule has 2 heterocycles. The molecule has 274 valence electrons. The van der Waals surface area contributed by atoms with Crippen molar-refractivity contribution in [3.05, 3.63) is 89.3 Å². The van der Waals surface area contributed by atoms with Gasteiger partial charge in [0.2, 0.25) is 17.6 Å². The van der Waals surface area contributed by atoms with Gasteiger partial charge in [0.15, 0.2) is 5.58 Å². The van der Waals surface area contributed by atoms with E-state index in [0.717, 1.165) is 0 Å². The highest BCUT2D eigenvalue weighted by molar-refractivity contribution is 7.90. The number of rotatable bonds is 12. The number of likely N-dealkylation sites (tertiary alicyclic amines) is 1. The van der Waals surface area contributed by atoms with Crippen LogP contribution in [0.25, 0.3) is 11.1 Å². The Morgan fingerprint density at radius 2 is 1.52 bits per heavy atom. The molecule has 3 atom stereocenters. The normalized spacial score (nSPS) is 15.7. The molecule has 4 aromatic rings. The van der Waals surface area contributed by atoms with Gasteiger partial charge in [0, 0.05) is 22.8 Å². The SMILES string of the molecule is CC(C)C(NC(=O)[C@@H]1CCCN1C(=O)[C@@H](NC(=O)c1ccc(NC(=O)NS(=O)(=O)c2ccc(Cl)cc2)cc1)C(C)C)C(=O)c1nc2ccccc2o1. The molecule has 52 heavy (non-hydrogen) atoms. The summed E-state index contributed by atoms with van der Waals surface area (Å²) in [6.07, 6.45) is 0.929. The maximum Gasteiger partial charge on any atom is 0.333 e. The number of nitrogens with zero attached hydrogens (tertiary/aromatic N) is 2. The van der Waals surface area contributed by atoms with E-state index in [2.05, 4.69) is 20.9 Å². The second-order valence-corrected chi connectivity index (χ2v) is 15.2. The molecule has 1 saturated heterocycles. The molecule has 1 aliphatic rings. The van der Waals surface area contributed by atoms with Crippen molar-refractivity contribution in [3.8, 4) is 0 Å². The number of hydrogen-bond acceptors (Lipinski definition) is 9. The van der Waals surface area contributed by atoms with Gasteiger partial charge >= 0.3 is 6.03 Å². The third-order valence-electron chi connectivity index (χ3n) is 8.57. The molecule has 5 amide bonds. The second kappa shape index (κ2) is 15.9. The summed E-state index contributed by atoms with van der Waals surface area (Å²) in [5.74, 6) is -2.75. The molecule has 14 nitrogen and oxygen atoms in total. The highest BCUT2D eigenvalue weighted by Crippen LogP contribution is 2.23. The molecule has 1 fully saturated rings. The van der Waals surface area contributed by atoms with Crippen molar-refractivity contribution in [2.24, 2.45) is 11.8 Å². The molecule has 0 aliphatic carbocycles. The summed E-state index contributed by atoms with van der Waals surface area (Å²) in [6.45, 7) is 7.41. The number of fused-ring (bicyclic) bond motifs is 1. The highest BCUT2D eigenvalue weighted by atomic mass is 35.5. The summed E-state index contributed by atoms with van der Waals surface area (Å²) < 4.78 is 32.6. The van der Waals surface area contributed by atoms with Crippen molar-refractivity contribution < 1.29 is 36.8 Å². The Hall–Kier alpha value is -5.28. The number of para-hydroxylation sites is 2. The summed E-state index contributed by atoms with van der Waals surface area (Å²) in [4.78, 5) is 72.2. The van der Waals surface area contributed by atoms with Gasteiger partial charge in [-0.25, -0.2) is 22.9 Å². The van der Waals surface area contributed by atoms with Crippen LogP contribution in [0, 0.1) is 11.8 Å². The minimum Gasteiger partial charge on any atom is -0.434 e. The van der Waals surface area contributed by atoms with Crippen LogP contribution in [0.5, 0.6) is 0 Å². The molecule has 1 unspecified atom stereocenters. The number of carbonyl (C=O) groups excluding carboxylic acids is 5. The number of Topliss-reactive ketones (excluding diaryl/α,β-unsaturated/α-hetero) is 1.